The number of para-hydroxylation sites is 1. The summed E-state index contributed by atoms with van der Waals surface area (Å²) < 4.78 is 3.69. The number of nitrogens with zero attached hydrogens (tertiary/aromatic N) is 4. The first-order valence-corrected chi connectivity index (χ1v) is 7.43. The van der Waals surface area contributed by atoms with Crippen LogP contribution in [0.2, 0.25) is 0 Å². The summed E-state index contributed by atoms with van der Waals surface area (Å²) >= 11 is 0. The molecule has 0 atom stereocenters. The van der Waals surface area contributed by atoms with Gasteiger partial charge in [0.2, 0.25) is 0 Å². The fourth-order valence-electron chi connectivity index (χ4n) is 2.16. The number of aryl methyl sites for hydroxylation is 1. The Kier molecular flexibility index (Phi) is 4.68. The zero-order valence-corrected chi connectivity index (χ0v) is 12.6. The number of aromatic nitrogens is 4. The lowest BCUT2D eigenvalue weighted by molar-refractivity contribution is 0.251. The predicted molar refractivity (Wildman–Crippen MR) is 87.4 cm³/mol. The molecule has 3 aromatic rings. The van der Waals surface area contributed by atoms with Crippen molar-refractivity contribution in [1.29, 1.82) is 0 Å². The van der Waals surface area contributed by atoms with E-state index in [1.54, 1.807) is 23.3 Å². The third kappa shape index (κ3) is 4.19. The molecular weight excluding hydrogens is 292 g/mol. The Morgan fingerprint density at radius 2 is 2.00 bits per heavy atom. The first-order chi connectivity index (χ1) is 11.3. The van der Waals surface area contributed by atoms with Gasteiger partial charge in [-0.05, 0) is 18.6 Å². The predicted octanol–water partition coefficient (Wildman–Crippen LogP) is 2.28. The number of benzene rings is 1. The number of nitrogens with one attached hydrogen (secondary N) is 2. The van der Waals surface area contributed by atoms with Crippen molar-refractivity contribution in [2.45, 2.75) is 13.0 Å². The molecule has 7 nitrogen and oxygen atoms in total. The van der Waals surface area contributed by atoms with Crippen molar-refractivity contribution in [1.82, 2.24) is 24.6 Å². The van der Waals surface area contributed by atoms with Crippen LogP contribution in [0.5, 0.6) is 0 Å². The van der Waals surface area contributed by atoms with E-state index in [4.69, 9.17) is 0 Å². The Bertz CT molecular complexity index is 735. The minimum absolute atomic E-state index is 0.256. The molecule has 1 aromatic carbocycles. The average molecular weight is 310 g/mol. The number of amides is 2. The van der Waals surface area contributed by atoms with Gasteiger partial charge in [-0.1, -0.05) is 18.2 Å². The number of carbonyl (C=O) groups excluding carboxylic acids is 1. The third-order valence-corrected chi connectivity index (χ3v) is 3.29. The molecule has 0 aliphatic rings. The van der Waals surface area contributed by atoms with E-state index in [2.05, 4.69) is 20.7 Å². The van der Waals surface area contributed by atoms with Crippen molar-refractivity contribution < 1.29 is 4.79 Å². The molecule has 2 amide bonds. The molecular formula is C16H18N6O. The van der Waals surface area contributed by atoms with E-state index in [1.165, 1.54) is 0 Å². The van der Waals surface area contributed by atoms with Crippen molar-refractivity contribution in [3.05, 3.63) is 61.3 Å². The number of urea groups is 1. The van der Waals surface area contributed by atoms with Crippen LogP contribution in [-0.2, 0) is 6.54 Å². The number of rotatable bonds is 6. The summed E-state index contributed by atoms with van der Waals surface area (Å²) in [5.74, 6) is 0.515. The molecule has 2 heterocycles. The lowest BCUT2D eigenvalue weighted by atomic mass is 10.3. The van der Waals surface area contributed by atoms with E-state index in [9.17, 15) is 4.79 Å². The van der Waals surface area contributed by atoms with Gasteiger partial charge in [0.25, 0.3) is 0 Å². The van der Waals surface area contributed by atoms with E-state index in [1.807, 2.05) is 47.3 Å². The number of hydrogen-bond acceptors (Lipinski definition) is 3. The van der Waals surface area contributed by atoms with E-state index < -0.39 is 0 Å². The molecule has 23 heavy (non-hydrogen) atoms. The second-order valence-electron chi connectivity index (χ2n) is 5.02. The Morgan fingerprint density at radius 3 is 2.78 bits per heavy atom. The van der Waals surface area contributed by atoms with Gasteiger partial charge in [0.1, 0.15) is 0 Å². The molecule has 0 spiro atoms. The van der Waals surface area contributed by atoms with E-state index >= 15 is 0 Å². The van der Waals surface area contributed by atoms with Gasteiger partial charge >= 0.3 is 6.03 Å². The summed E-state index contributed by atoms with van der Waals surface area (Å²) in [7, 11) is 0. The maximum atomic E-state index is 11.8. The number of carbonyl (C=O) groups is 1. The van der Waals surface area contributed by atoms with Crippen LogP contribution >= 0.6 is 0 Å². The van der Waals surface area contributed by atoms with Gasteiger partial charge in [-0.25, -0.2) is 14.5 Å². The second-order valence-corrected chi connectivity index (χ2v) is 5.02. The summed E-state index contributed by atoms with van der Waals surface area (Å²) in [5, 5.41) is 9.86. The normalized spacial score (nSPS) is 10.4. The fraction of sp³-hybridized carbons (Fsp3) is 0.188. The van der Waals surface area contributed by atoms with Crippen LogP contribution in [0, 0.1) is 0 Å². The van der Waals surface area contributed by atoms with Gasteiger partial charge in [-0.3, -0.25) is 5.32 Å². The quantitative estimate of drug-likeness (QED) is 0.686. The van der Waals surface area contributed by atoms with Crippen LogP contribution in [0.4, 0.5) is 10.6 Å². The Balaban J connectivity index is 1.44. The average Bonchev–Trinajstić information content (AvgIpc) is 3.24. The fourth-order valence-corrected chi connectivity index (χ4v) is 2.16. The second kappa shape index (κ2) is 7.26. The molecule has 2 aromatic heterocycles. The summed E-state index contributed by atoms with van der Waals surface area (Å²) in [6.45, 7) is 1.41. The van der Waals surface area contributed by atoms with Gasteiger partial charge < -0.3 is 9.88 Å². The molecule has 0 aliphatic carbocycles. The monoisotopic (exact) mass is 310 g/mol. The van der Waals surface area contributed by atoms with E-state index in [-0.39, 0.29) is 6.03 Å². The molecule has 0 saturated heterocycles. The van der Waals surface area contributed by atoms with Crippen LogP contribution in [0.15, 0.2) is 61.3 Å². The molecule has 3 rings (SSSR count). The summed E-state index contributed by atoms with van der Waals surface area (Å²) in [5.41, 5.74) is 0.946. The summed E-state index contributed by atoms with van der Waals surface area (Å²) in [6.07, 6.45) is 8.04. The SMILES string of the molecule is O=C(NCCCn1ccnc1)Nc1ccn(-c2ccccc2)n1. The highest BCUT2D eigenvalue weighted by Crippen LogP contribution is 2.09. The first-order valence-electron chi connectivity index (χ1n) is 7.43. The number of anilines is 1. The standard InChI is InChI=1S/C16H18N6O/c23-16(18-8-4-10-21-12-9-17-13-21)19-15-7-11-22(20-15)14-5-2-1-3-6-14/h1-3,5-7,9,11-13H,4,8,10H2,(H2,18,19,20,23). The highest BCUT2D eigenvalue weighted by molar-refractivity contribution is 5.88. The molecule has 0 fully saturated rings. The van der Waals surface area contributed by atoms with E-state index in [0.29, 0.717) is 12.4 Å². The topological polar surface area (TPSA) is 76.8 Å². The first kappa shape index (κ1) is 14.8. The van der Waals surface area contributed by atoms with Crippen LogP contribution in [-0.4, -0.2) is 31.9 Å². The van der Waals surface area contributed by atoms with Gasteiger partial charge in [-0.15, -0.1) is 5.10 Å². The van der Waals surface area contributed by atoms with Gasteiger partial charge in [0, 0.05) is 37.7 Å². The minimum Gasteiger partial charge on any atom is -0.338 e. The van der Waals surface area contributed by atoms with Crippen molar-refractivity contribution in [3.8, 4) is 5.69 Å². The molecule has 0 bridgehead atoms. The maximum Gasteiger partial charge on any atom is 0.320 e. The maximum absolute atomic E-state index is 11.8. The van der Waals surface area contributed by atoms with Crippen LogP contribution in [0.1, 0.15) is 6.42 Å². The molecule has 0 unspecified atom stereocenters. The largest absolute Gasteiger partial charge is 0.338 e. The van der Waals surface area contributed by atoms with Gasteiger partial charge in [0.05, 0.1) is 12.0 Å². The van der Waals surface area contributed by atoms with E-state index in [0.717, 1.165) is 18.7 Å². The van der Waals surface area contributed by atoms with Crippen molar-refractivity contribution in [2.24, 2.45) is 0 Å². The number of imidazole rings is 1. The zero-order valence-electron chi connectivity index (χ0n) is 12.6. The van der Waals surface area contributed by atoms with Crippen LogP contribution in [0.3, 0.4) is 0 Å². The molecule has 2 N–H and O–H groups in total. The summed E-state index contributed by atoms with van der Waals surface area (Å²) in [6, 6.07) is 11.2. The van der Waals surface area contributed by atoms with Crippen molar-refractivity contribution in [3.63, 3.8) is 0 Å². The van der Waals surface area contributed by atoms with Gasteiger partial charge in [0.15, 0.2) is 5.82 Å². The molecule has 0 aliphatic heterocycles. The zero-order chi connectivity index (χ0) is 15.9. The highest BCUT2D eigenvalue weighted by Gasteiger charge is 2.05. The smallest absolute Gasteiger partial charge is 0.320 e. The molecule has 7 heteroatoms. The lowest BCUT2D eigenvalue weighted by Gasteiger charge is -2.06. The Labute approximate surface area is 134 Å². The highest BCUT2D eigenvalue weighted by atomic mass is 16.2. The molecule has 118 valence electrons. The van der Waals surface area contributed by atoms with Gasteiger partial charge in [-0.2, -0.15) is 0 Å². The minimum atomic E-state index is -0.256. The van der Waals surface area contributed by atoms with Crippen molar-refractivity contribution in [2.75, 3.05) is 11.9 Å². The lowest BCUT2D eigenvalue weighted by Crippen LogP contribution is -2.30. The van der Waals surface area contributed by atoms with Crippen LogP contribution < -0.4 is 10.6 Å². The molecule has 0 radical (unpaired) electrons. The number of hydrogen-bond donors (Lipinski definition) is 2. The Hall–Kier alpha value is -3.09. The molecule has 0 saturated carbocycles. The summed E-state index contributed by atoms with van der Waals surface area (Å²) in [4.78, 5) is 15.8. The Morgan fingerprint density at radius 1 is 1.13 bits per heavy atom. The van der Waals surface area contributed by atoms with Crippen LogP contribution in [0.25, 0.3) is 5.69 Å². The van der Waals surface area contributed by atoms with Crippen molar-refractivity contribution >= 4 is 11.8 Å². The third-order valence-electron chi connectivity index (χ3n) is 3.29.